The van der Waals surface area contributed by atoms with Gasteiger partial charge in [0.05, 0.1) is 0 Å². The molecule has 0 amide bonds. The molecule has 0 aromatic heterocycles. The van der Waals surface area contributed by atoms with Crippen LogP contribution in [0.1, 0.15) is 78.6 Å². The molecule has 0 N–H and O–H groups in total. The number of hydrogen-bond acceptors (Lipinski definition) is 1. The van der Waals surface area contributed by atoms with E-state index in [1.807, 2.05) is 11.8 Å². The molecule has 0 nitrogen and oxygen atoms in total. The fourth-order valence-electron chi connectivity index (χ4n) is 2.15. The van der Waals surface area contributed by atoms with E-state index in [0.29, 0.717) is 0 Å². The topological polar surface area (TPSA) is 0 Å². The van der Waals surface area contributed by atoms with Gasteiger partial charge in [0.15, 0.2) is 0 Å². The highest BCUT2D eigenvalue weighted by Crippen LogP contribution is 2.23. The Morgan fingerprint density at radius 3 is 2.32 bits per heavy atom. The lowest BCUT2D eigenvalue weighted by Crippen LogP contribution is -1.87. The molecule has 0 saturated carbocycles. The molecular weight excluding hydrogens is 248 g/mol. The summed E-state index contributed by atoms with van der Waals surface area (Å²) in [5.41, 5.74) is 0. The smallest absolute Gasteiger partial charge is 0.0277 e. The second-order valence-corrected chi connectivity index (χ2v) is 6.96. The lowest BCUT2D eigenvalue weighted by molar-refractivity contribution is 0.512. The van der Waals surface area contributed by atoms with E-state index in [9.17, 15) is 0 Å². The van der Waals surface area contributed by atoms with Crippen molar-refractivity contribution in [1.29, 1.82) is 0 Å². The molecule has 0 bridgehead atoms. The van der Waals surface area contributed by atoms with Crippen molar-refractivity contribution in [2.75, 3.05) is 5.75 Å². The third kappa shape index (κ3) is 13.9. The molecule has 0 rings (SSSR count). The fraction of sp³-hybridized carbons (Fsp3) is 0.778. The maximum Gasteiger partial charge on any atom is 0.0277 e. The van der Waals surface area contributed by atoms with Gasteiger partial charge in [-0.15, -0.1) is 24.1 Å². The molecule has 0 aliphatic carbocycles. The first kappa shape index (κ1) is 18.7. The van der Waals surface area contributed by atoms with Crippen LogP contribution in [0.3, 0.4) is 0 Å². The third-order valence-electron chi connectivity index (χ3n) is 3.23. The van der Waals surface area contributed by atoms with Gasteiger partial charge in [0, 0.05) is 6.42 Å². The van der Waals surface area contributed by atoms with Crippen molar-refractivity contribution in [3.63, 3.8) is 0 Å². The normalized spacial score (nSPS) is 11.8. The molecule has 0 spiro atoms. The highest BCUT2D eigenvalue weighted by Gasteiger charge is 1.98. The van der Waals surface area contributed by atoms with Gasteiger partial charge in [-0.3, -0.25) is 0 Å². The van der Waals surface area contributed by atoms with Gasteiger partial charge < -0.3 is 0 Å². The molecule has 0 aromatic carbocycles. The lowest BCUT2D eigenvalue weighted by atomic mass is 10.0. The van der Waals surface area contributed by atoms with Crippen LogP contribution < -0.4 is 0 Å². The number of allylic oxidation sites excluding steroid dienone is 2. The summed E-state index contributed by atoms with van der Waals surface area (Å²) in [6.07, 6.45) is 19.3. The van der Waals surface area contributed by atoms with Crippen molar-refractivity contribution in [2.24, 2.45) is 5.92 Å². The Balaban J connectivity index is 3.47. The van der Waals surface area contributed by atoms with Crippen molar-refractivity contribution >= 4 is 11.8 Å². The number of unbranched alkanes of at least 4 members (excludes halogenated alkanes) is 5. The minimum absolute atomic E-state index is 0.789. The van der Waals surface area contributed by atoms with E-state index in [1.165, 1.54) is 56.3 Å². The summed E-state index contributed by atoms with van der Waals surface area (Å²) >= 11 is 1.96. The van der Waals surface area contributed by atoms with E-state index in [4.69, 9.17) is 6.42 Å². The number of terminal acetylenes is 1. The number of hydrogen-bond donors (Lipinski definition) is 0. The van der Waals surface area contributed by atoms with Gasteiger partial charge in [-0.05, 0) is 29.4 Å². The van der Waals surface area contributed by atoms with Crippen molar-refractivity contribution in [3.8, 4) is 12.3 Å². The summed E-state index contributed by atoms with van der Waals surface area (Å²) in [4.78, 5) is 1.50. The summed E-state index contributed by atoms with van der Waals surface area (Å²) in [5.74, 6) is 4.73. The van der Waals surface area contributed by atoms with E-state index in [-0.39, 0.29) is 0 Å². The molecule has 0 saturated heterocycles. The SMILES string of the molecule is C#CC/C=C(/CCCCCCCCC(C)C)SCC. The molecule has 110 valence electrons. The predicted octanol–water partition coefficient (Wildman–Crippen LogP) is 6.42. The van der Waals surface area contributed by atoms with Crippen LogP contribution in [0.2, 0.25) is 0 Å². The largest absolute Gasteiger partial charge is 0.131 e. The summed E-state index contributed by atoms with van der Waals surface area (Å²) in [5, 5.41) is 0. The van der Waals surface area contributed by atoms with Gasteiger partial charge in [-0.1, -0.05) is 65.4 Å². The monoisotopic (exact) mass is 280 g/mol. The molecule has 19 heavy (non-hydrogen) atoms. The Hall–Kier alpha value is -0.350. The zero-order valence-corrected chi connectivity index (χ0v) is 14.0. The Morgan fingerprint density at radius 2 is 1.74 bits per heavy atom. The molecule has 0 aliphatic heterocycles. The average Bonchev–Trinajstić information content (AvgIpc) is 2.38. The zero-order valence-electron chi connectivity index (χ0n) is 13.2. The maximum atomic E-state index is 5.31. The average molecular weight is 281 g/mol. The number of rotatable bonds is 12. The summed E-state index contributed by atoms with van der Waals surface area (Å²) in [6, 6.07) is 0. The maximum absolute atomic E-state index is 5.31. The van der Waals surface area contributed by atoms with Crippen LogP contribution >= 0.6 is 11.8 Å². The first-order valence-electron chi connectivity index (χ1n) is 7.96. The molecule has 0 radical (unpaired) electrons. The van der Waals surface area contributed by atoms with Crippen LogP contribution in [-0.4, -0.2) is 5.75 Å². The molecule has 1 heteroatoms. The van der Waals surface area contributed by atoms with Crippen LogP contribution in [-0.2, 0) is 0 Å². The highest BCUT2D eigenvalue weighted by atomic mass is 32.2. The summed E-state index contributed by atoms with van der Waals surface area (Å²) < 4.78 is 0. The van der Waals surface area contributed by atoms with E-state index in [1.54, 1.807) is 0 Å². The van der Waals surface area contributed by atoms with Crippen LogP contribution in [0, 0.1) is 18.3 Å². The van der Waals surface area contributed by atoms with Gasteiger partial charge in [-0.2, -0.15) is 0 Å². The van der Waals surface area contributed by atoms with Crippen molar-refractivity contribution in [2.45, 2.75) is 78.6 Å². The van der Waals surface area contributed by atoms with Crippen LogP contribution in [0.15, 0.2) is 11.0 Å². The van der Waals surface area contributed by atoms with Gasteiger partial charge in [0.2, 0.25) is 0 Å². The first-order valence-corrected chi connectivity index (χ1v) is 8.94. The molecular formula is C18H32S. The van der Waals surface area contributed by atoms with Gasteiger partial charge in [0.25, 0.3) is 0 Å². The quantitative estimate of drug-likeness (QED) is 0.293. The van der Waals surface area contributed by atoms with Crippen molar-refractivity contribution < 1.29 is 0 Å². The van der Waals surface area contributed by atoms with E-state index in [2.05, 4.69) is 32.8 Å². The van der Waals surface area contributed by atoms with Crippen LogP contribution in [0.5, 0.6) is 0 Å². The molecule has 0 atom stereocenters. The highest BCUT2D eigenvalue weighted by molar-refractivity contribution is 8.03. The minimum atomic E-state index is 0.789. The minimum Gasteiger partial charge on any atom is -0.131 e. The van der Waals surface area contributed by atoms with E-state index >= 15 is 0 Å². The molecule has 0 heterocycles. The van der Waals surface area contributed by atoms with Crippen molar-refractivity contribution in [1.82, 2.24) is 0 Å². The first-order chi connectivity index (χ1) is 9.20. The molecule has 0 aliphatic rings. The third-order valence-corrected chi connectivity index (χ3v) is 4.26. The van der Waals surface area contributed by atoms with Gasteiger partial charge >= 0.3 is 0 Å². The number of thioether (sulfide) groups is 1. The van der Waals surface area contributed by atoms with Crippen molar-refractivity contribution in [3.05, 3.63) is 11.0 Å². The summed E-state index contributed by atoms with van der Waals surface area (Å²) in [6.45, 7) is 6.84. The lowest BCUT2D eigenvalue weighted by Gasteiger charge is -2.06. The molecule has 0 fully saturated rings. The second kappa shape index (κ2) is 14.1. The zero-order chi connectivity index (χ0) is 14.3. The molecule has 0 aromatic rings. The van der Waals surface area contributed by atoms with Crippen LogP contribution in [0.25, 0.3) is 0 Å². The van der Waals surface area contributed by atoms with Gasteiger partial charge in [0.1, 0.15) is 0 Å². The van der Waals surface area contributed by atoms with E-state index in [0.717, 1.165) is 18.1 Å². The van der Waals surface area contributed by atoms with Gasteiger partial charge in [-0.25, -0.2) is 0 Å². The summed E-state index contributed by atoms with van der Waals surface area (Å²) in [7, 11) is 0. The van der Waals surface area contributed by atoms with E-state index < -0.39 is 0 Å². The van der Waals surface area contributed by atoms with Crippen LogP contribution in [0.4, 0.5) is 0 Å². The molecule has 0 unspecified atom stereocenters. The standard InChI is InChI=1S/C18H32S/c1-5-7-15-18(19-6-2)16-13-11-9-8-10-12-14-17(3)4/h1,15,17H,6-14,16H2,2-4H3/b18-15-. The Morgan fingerprint density at radius 1 is 1.11 bits per heavy atom. The Bertz CT molecular complexity index is 257. The Labute approximate surface area is 125 Å². The predicted molar refractivity (Wildman–Crippen MR) is 91.4 cm³/mol. The second-order valence-electron chi connectivity index (χ2n) is 5.57. The Kier molecular flexibility index (Phi) is 13.8. The fourth-order valence-corrected chi connectivity index (χ4v) is 3.01.